The maximum atomic E-state index is 12.6. The zero-order chi connectivity index (χ0) is 19.9. The normalized spacial score (nSPS) is 39.2. The van der Waals surface area contributed by atoms with E-state index in [0.717, 1.165) is 29.1 Å². The number of nitrogens with zero attached hydrogens (tertiary/aromatic N) is 1. The summed E-state index contributed by atoms with van der Waals surface area (Å²) < 4.78 is 0.828. The molecule has 3 fully saturated rings. The number of quaternary nitrogens is 1. The average Bonchev–Trinajstić information content (AvgIpc) is 3.43. The minimum Gasteiger partial charge on any atom is -0.507 e. The van der Waals surface area contributed by atoms with Crippen LogP contribution in [0.25, 0.3) is 0 Å². The molecule has 0 spiro atoms. The fourth-order valence-corrected chi connectivity index (χ4v) is 6.73. The van der Waals surface area contributed by atoms with Crippen molar-refractivity contribution < 1.29 is 24.3 Å². The number of carbonyl (C=O) groups excluding carboxylic acids is 2. The molecule has 4 aliphatic rings. The van der Waals surface area contributed by atoms with Crippen molar-refractivity contribution in [3.05, 3.63) is 28.8 Å². The SMILES string of the molecule is C[N+]1(CC2CC2)CCC23CC(=O)CCC2(O)C1Cc1ccc(C(N)=O)c(O)c13. The van der Waals surface area contributed by atoms with E-state index in [1.807, 2.05) is 6.07 Å². The molecule has 1 saturated heterocycles. The summed E-state index contributed by atoms with van der Waals surface area (Å²) >= 11 is 0. The van der Waals surface area contributed by atoms with Gasteiger partial charge in [0.05, 0.1) is 25.7 Å². The Balaban J connectivity index is 1.73. The Labute approximate surface area is 164 Å². The Hall–Kier alpha value is -1.92. The van der Waals surface area contributed by atoms with Gasteiger partial charge in [0.2, 0.25) is 0 Å². The summed E-state index contributed by atoms with van der Waals surface area (Å²) in [7, 11) is 2.25. The summed E-state index contributed by atoms with van der Waals surface area (Å²) in [6.45, 7) is 1.94. The fourth-order valence-electron chi connectivity index (χ4n) is 6.73. The molecule has 4 atom stereocenters. The first-order chi connectivity index (χ1) is 13.2. The molecular formula is C22H29N2O4+. The third-order valence-electron chi connectivity index (χ3n) is 8.26. The first kappa shape index (κ1) is 18.1. The minimum atomic E-state index is -1.05. The third-order valence-corrected chi connectivity index (χ3v) is 8.26. The van der Waals surface area contributed by atoms with Gasteiger partial charge in [-0.25, -0.2) is 0 Å². The highest BCUT2D eigenvalue weighted by Gasteiger charge is 2.70. The number of aliphatic hydroxyl groups is 1. The molecule has 1 aliphatic heterocycles. The summed E-state index contributed by atoms with van der Waals surface area (Å²) in [5.41, 5.74) is 5.23. The number of rotatable bonds is 3. The van der Waals surface area contributed by atoms with Crippen LogP contribution in [0.4, 0.5) is 0 Å². The van der Waals surface area contributed by atoms with Crippen LogP contribution in [0.2, 0.25) is 0 Å². The second-order valence-electron chi connectivity index (χ2n) is 9.88. The van der Waals surface area contributed by atoms with Crippen LogP contribution >= 0.6 is 0 Å². The van der Waals surface area contributed by atoms with Crippen LogP contribution in [0.3, 0.4) is 0 Å². The lowest BCUT2D eigenvalue weighted by atomic mass is 9.48. The first-order valence-corrected chi connectivity index (χ1v) is 10.4. The Morgan fingerprint density at radius 2 is 2.07 bits per heavy atom. The van der Waals surface area contributed by atoms with Crippen LogP contribution in [0.15, 0.2) is 12.1 Å². The lowest BCUT2D eigenvalue weighted by Gasteiger charge is -2.65. The number of Topliss-reactive ketones (excluding diaryl/α,β-unsaturated/α-hetero) is 1. The predicted molar refractivity (Wildman–Crippen MR) is 103 cm³/mol. The summed E-state index contributed by atoms with van der Waals surface area (Å²) in [5, 5.41) is 23.2. The van der Waals surface area contributed by atoms with Gasteiger partial charge in [0, 0.05) is 42.6 Å². The number of benzene rings is 1. The molecular weight excluding hydrogens is 356 g/mol. The maximum Gasteiger partial charge on any atom is 0.252 e. The highest BCUT2D eigenvalue weighted by Crippen LogP contribution is 2.61. The zero-order valence-corrected chi connectivity index (χ0v) is 16.4. The predicted octanol–water partition coefficient (Wildman–Crippen LogP) is 1.40. The van der Waals surface area contributed by atoms with Crippen molar-refractivity contribution >= 4 is 11.7 Å². The van der Waals surface area contributed by atoms with Gasteiger partial charge in [-0.2, -0.15) is 0 Å². The number of phenols is 1. The molecule has 2 saturated carbocycles. The lowest BCUT2D eigenvalue weighted by molar-refractivity contribution is -0.950. The summed E-state index contributed by atoms with van der Waals surface area (Å²) in [6, 6.07) is 3.46. The number of amides is 1. The molecule has 3 aliphatic carbocycles. The van der Waals surface area contributed by atoms with E-state index in [4.69, 9.17) is 5.73 Å². The van der Waals surface area contributed by atoms with Crippen molar-refractivity contribution in [1.29, 1.82) is 0 Å². The van der Waals surface area contributed by atoms with Gasteiger partial charge in [0.25, 0.3) is 5.91 Å². The Kier molecular flexibility index (Phi) is 3.61. The quantitative estimate of drug-likeness (QED) is 0.685. The van der Waals surface area contributed by atoms with Crippen molar-refractivity contribution in [3.63, 3.8) is 0 Å². The molecule has 1 aromatic rings. The number of nitrogens with two attached hydrogens (primary N) is 1. The topological polar surface area (TPSA) is 101 Å². The van der Waals surface area contributed by atoms with Gasteiger partial charge in [0.15, 0.2) is 0 Å². The van der Waals surface area contributed by atoms with Crippen LogP contribution in [-0.4, -0.2) is 58.2 Å². The van der Waals surface area contributed by atoms with Gasteiger partial charge >= 0.3 is 0 Å². The lowest BCUT2D eigenvalue weighted by Crippen LogP contribution is -2.78. The molecule has 0 radical (unpaired) electrons. The number of aromatic hydroxyl groups is 1. The number of ketones is 1. The van der Waals surface area contributed by atoms with Crippen LogP contribution in [0.5, 0.6) is 5.75 Å². The molecule has 1 amide bonds. The van der Waals surface area contributed by atoms with Gasteiger partial charge in [-0.1, -0.05) is 6.07 Å². The highest BCUT2D eigenvalue weighted by atomic mass is 16.3. The Morgan fingerprint density at radius 1 is 1.32 bits per heavy atom. The van der Waals surface area contributed by atoms with Crippen LogP contribution in [0, 0.1) is 5.92 Å². The first-order valence-electron chi connectivity index (χ1n) is 10.4. The van der Waals surface area contributed by atoms with Gasteiger partial charge < -0.3 is 20.4 Å². The Bertz CT molecular complexity index is 895. The van der Waals surface area contributed by atoms with E-state index in [2.05, 4.69) is 7.05 Å². The average molecular weight is 385 g/mol. The van der Waals surface area contributed by atoms with Crippen LogP contribution in [-0.2, 0) is 16.6 Å². The number of piperidine rings is 1. The molecule has 5 rings (SSSR count). The maximum absolute atomic E-state index is 12.6. The molecule has 1 aromatic carbocycles. The Morgan fingerprint density at radius 3 is 2.75 bits per heavy atom. The molecule has 4 unspecified atom stereocenters. The number of carbonyl (C=O) groups is 2. The number of hydrogen-bond acceptors (Lipinski definition) is 4. The van der Waals surface area contributed by atoms with Gasteiger partial charge in [0.1, 0.15) is 23.2 Å². The van der Waals surface area contributed by atoms with E-state index in [9.17, 15) is 19.8 Å². The van der Waals surface area contributed by atoms with Crippen molar-refractivity contribution in [1.82, 2.24) is 0 Å². The smallest absolute Gasteiger partial charge is 0.252 e. The number of hydrogen-bond donors (Lipinski definition) is 3. The fraction of sp³-hybridized carbons (Fsp3) is 0.636. The molecule has 150 valence electrons. The monoisotopic (exact) mass is 385 g/mol. The number of primary amides is 1. The molecule has 0 aromatic heterocycles. The number of likely N-dealkylation sites (tertiary alicyclic amines) is 1. The van der Waals surface area contributed by atoms with Crippen LogP contribution in [0.1, 0.15) is 60.0 Å². The van der Waals surface area contributed by atoms with E-state index in [1.165, 1.54) is 12.8 Å². The minimum absolute atomic E-state index is 0.00118. The molecule has 28 heavy (non-hydrogen) atoms. The third kappa shape index (κ3) is 2.22. The molecule has 6 heteroatoms. The number of likely N-dealkylation sites (N-methyl/N-ethyl adjacent to an activating group) is 1. The summed E-state index contributed by atoms with van der Waals surface area (Å²) in [5.74, 6) is 0.0429. The second kappa shape index (κ2) is 5.57. The largest absolute Gasteiger partial charge is 0.507 e. The van der Waals surface area contributed by atoms with Crippen LogP contribution < -0.4 is 5.73 Å². The molecule has 1 heterocycles. The van der Waals surface area contributed by atoms with Crippen molar-refractivity contribution in [2.75, 3.05) is 20.1 Å². The van der Waals surface area contributed by atoms with Crippen molar-refractivity contribution in [2.45, 2.75) is 62.0 Å². The summed E-state index contributed by atoms with van der Waals surface area (Å²) in [6.07, 6.45) is 4.85. The van der Waals surface area contributed by atoms with Gasteiger partial charge in [-0.05, 0) is 30.9 Å². The van der Waals surface area contributed by atoms with Gasteiger partial charge in [-0.15, -0.1) is 0 Å². The summed E-state index contributed by atoms with van der Waals surface area (Å²) in [4.78, 5) is 24.4. The highest BCUT2D eigenvalue weighted by molar-refractivity contribution is 5.96. The molecule has 4 N–H and O–H groups in total. The zero-order valence-electron chi connectivity index (χ0n) is 16.4. The second-order valence-corrected chi connectivity index (χ2v) is 9.88. The molecule has 6 nitrogen and oxygen atoms in total. The van der Waals surface area contributed by atoms with E-state index in [0.29, 0.717) is 31.2 Å². The van der Waals surface area contributed by atoms with Gasteiger partial charge in [-0.3, -0.25) is 9.59 Å². The molecule has 2 bridgehead atoms. The van der Waals surface area contributed by atoms with E-state index in [-0.39, 0.29) is 29.6 Å². The van der Waals surface area contributed by atoms with Crippen molar-refractivity contribution in [3.8, 4) is 5.75 Å². The standard InChI is InChI=1S/C22H28N2O4/c1-24(12-13-2-3-13)9-8-21-11-15(25)6-7-22(21,28)17(24)10-14-4-5-16(20(23)27)19(26)18(14)21/h4-5,13,17,28H,2-3,6-12H2,1H3,(H2-,23,26,27)/p+1. The number of fused-ring (bicyclic) bond motifs is 1. The van der Waals surface area contributed by atoms with E-state index < -0.39 is 16.9 Å². The van der Waals surface area contributed by atoms with E-state index in [1.54, 1.807) is 6.07 Å². The van der Waals surface area contributed by atoms with E-state index >= 15 is 0 Å². The van der Waals surface area contributed by atoms with Crippen molar-refractivity contribution in [2.24, 2.45) is 11.7 Å².